The Morgan fingerprint density at radius 1 is 1.26 bits per heavy atom. The molecular formula is C15H25BrN2S. The van der Waals surface area contributed by atoms with Crippen molar-refractivity contribution in [1.29, 1.82) is 0 Å². The molecule has 0 aliphatic heterocycles. The van der Waals surface area contributed by atoms with Crippen LogP contribution >= 0.6 is 27.3 Å². The number of rotatable bonds is 5. The highest BCUT2D eigenvalue weighted by molar-refractivity contribution is 9.11. The molecule has 0 bridgehead atoms. The zero-order chi connectivity index (χ0) is 13.8. The second-order valence-corrected chi connectivity index (χ2v) is 8.65. The summed E-state index contributed by atoms with van der Waals surface area (Å²) in [6.45, 7) is 4.71. The summed E-state index contributed by atoms with van der Waals surface area (Å²) in [6.07, 6.45) is 6.45. The Morgan fingerprint density at radius 2 is 1.89 bits per heavy atom. The van der Waals surface area contributed by atoms with Crippen molar-refractivity contribution in [2.24, 2.45) is 23.6 Å². The van der Waals surface area contributed by atoms with Crippen molar-refractivity contribution in [2.75, 3.05) is 0 Å². The molecule has 1 aliphatic rings. The molecule has 0 radical (unpaired) electrons. The van der Waals surface area contributed by atoms with Gasteiger partial charge in [0.15, 0.2) is 0 Å². The molecule has 1 aliphatic carbocycles. The first-order valence-corrected chi connectivity index (χ1v) is 8.91. The Kier molecular flexibility index (Phi) is 5.87. The number of nitrogens with two attached hydrogens (primary N) is 1. The molecule has 0 amide bonds. The lowest BCUT2D eigenvalue weighted by Gasteiger charge is -2.35. The maximum atomic E-state index is 5.80. The van der Waals surface area contributed by atoms with Gasteiger partial charge in [-0.15, -0.1) is 11.3 Å². The third-order valence-electron chi connectivity index (χ3n) is 4.59. The molecule has 1 aromatic rings. The van der Waals surface area contributed by atoms with Gasteiger partial charge in [0, 0.05) is 10.9 Å². The average Bonchev–Trinajstić information content (AvgIpc) is 2.81. The standard InChI is InChI=1S/C15H25BrN2S/c1-10(2)11-3-5-12(6-4-11)14(18-17)9-13-7-8-15(16)19-13/h7-8,10-12,14,18H,3-6,9,17H2,1-2H3. The van der Waals surface area contributed by atoms with Crippen LogP contribution < -0.4 is 11.3 Å². The fraction of sp³-hybridized carbons (Fsp3) is 0.733. The Morgan fingerprint density at radius 3 is 2.37 bits per heavy atom. The second-order valence-electron chi connectivity index (χ2n) is 6.10. The predicted molar refractivity (Wildman–Crippen MR) is 87.1 cm³/mol. The zero-order valence-electron chi connectivity index (χ0n) is 11.9. The van der Waals surface area contributed by atoms with E-state index in [1.54, 1.807) is 0 Å². The van der Waals surface area contributed by atoms with Crippen molar-refractivity contribution in [2.45, 2.75) is 52.0 Å². The Labute approximate surface area is 129 Å². The SMILES string of the molecule is CC(C)C1CCC(C(Cc2ccc(Br)s2)NN)CC1. The summed E-state index contributed by atoms with van der Waals surface area (Å²) in [5, 5.41) is 0. The lowest BCUT2D eigenvalue weighted by atomic mass is 9.74. The molecule has 19 heavy (non-hydrogen) atoms. The highest BCUT2D eigenvalue weighted by atomic mass is 79.9. The first-order valence-electron chi connectivity index (χ1n) is 7.30. The van der Waals surface area contributed by atoms with Crippen LogP contribution in [0.4, 0.5) is 0 Å². The third kappa shape index (κ3) is 4.28. The summed E-state index contributed by atoms with van der Waals surface area (Å²) in [5.74, 6) is 8.29. The topological polar surface area (TPSA) is 38.0 Å². The lowest BCUT2D eigenvalue weighted by Crippen LogP contribution is -2.43. The van der Waals surface area contributed by atoms with Gasteiger partial charge in [-0.1, -0.05) is 13.8 Å². The number of hydrazine groups is 1. The van der Waals surface area contributed by atoms with E-state index in [4.69, 9.17) is 5.84 Å². The van der Waals surface area contributed by atoms with Crippen molar-refractivity contribution in [1.82, 2.24) is 5.43 Å². The van der Waals surface area contributed by atoms with Crippen LogP contribution in [-0.2, 0) is 6.42 Å². The van der Waals surface area contributed by atoms with Gasteiger partial charge in [-0.3, -0.25) is 11.3 Å². The summed E-state index contributed by atoms with van der Waals surface area (Å²) >= 11 is 5.35. The molecule has 1 aromatic heterocycles. The maximum Gasteiger partial charge on any atom is 0.0701 e. The van der Waals surface area contributed by atoms with E-state index in [1.165, 1.54) is 34.3 Å². The first-order chi connectivity index (χ1) is 9.10. The van der Waals surface area contributed by atoms with Crippen LogP contribution in [0.3, 0.4) is 0 Å². The number of halogens is 1. The van der Waals surface area contributed by atoms with Gasteiger partial charge in [0.25, 0.3) is 0 Å². The van der Waals surface area contributed by atoms with Crippen LogP contribution in [0, 0.1) is 17.8 Å². The molecule has 1 fully saturated rings. The molecule has 0 aromatic carbocycles. The van der Waals surface area contributed by atoms with Gasteiger partial charge in [0.05, 0.1) is 3.79 Å². The van der Waals surface area contributed by atoms with Gasteiger partial charge >= 0.3 is 0 Å². The van der Waals surface area contributed by atoms with Crippen LogP contribution in [0.25, 0.3) is 0 Å². The molecule has 4 heteroatoms. The number of thiophene rings is 1. The average molecular weight is 345 g/mol. The number of nitrogens with one attached hydrogen (secondary N) is 1. The monoisotopic (exact) mass is 344 g/mol. The third-order valence-corrected chi connectivity index (χ3v) is 6.24. The molecule has 3 N–H and O–H groups in total. The van der Waals surface area contributed by atoms with Crippen molar-refractivity contribution < 1.29 is 0 Å². The summed E-state index contributed by atoms with van der Waals surface area (Å²) in [7, 11) is 0. The molecular weight excluding hydrogens is 320 g/mol. The fourth-order valence-corrected chi connectivity index (χ4v) is 4.80. The minimum atomic E-state index is 0.429. The van der Waals surface area contributed by atoms with E-state index in [1.807, 2.05) is 11.3 Å². The summed E-state index contributed by atoms with van der Waals surface area (Å²) in [4.78, 5) is 1.42. The molecule has 2 nitrogen and oxygen atoms in total. The summed E-state index contributed by atoms with van der Waals surface area (Å²) in [5.41, 5.74) is 3.06. The van der Waals surface area contributed by atoms with E-state index in [2.05, 4.69) is 47.3 Å². The van der Waals surface area contributed by atoms with Crippen LogP contribution in [0.5, 0.6) is 0 Å². The van der Waals surface area contributed by atoms with Gasteiger partial charge in [-0.2, -0.15) is 0 Å². The molecule has 1 heterocycles. The highest BCUT2D eigenvalue weighted by Gasteiger charge is 2.28. The molecule has 108 valence electrons. The van der Waals surface area contributed by atoms with Crippen LogP contribution in [0.2, 0.25) is 0 Å². The number of hydrogen-bond acceptors (Lipinski definition) is 3. The smallest absolute Gasteiger partial charge is 0.0701 e. The van der Waals surface area contributed by atoms with Gasteiger partial charge in [0.2, 0.25) is 0 Å². The number of hydrogen-bond donors (Lipinski definition) is 2. The van der Waals surface area contributed by atoms with Crippen LogP contribution in [0.15, 0.2) is 15.9 Å². The molecule has 0 saturated heterocycles. The Hall–Kier alpha value is 0.1000. The van der Waals surface area contributed by atoms with Crippen molar-refractivity contribution in [3.8, 4) is 0 Å². The maximum absolute atomic E-state index is 5.80. The minimum absolute atomic E-state index is 0.429. The van der Waals surface area contributed by atoms with E-state index >= 15 is 0 Å². The van der Waals surface area contributed by atoms with Crippen LogP contribution in [-0.4, -0.2) is 6.04 Å². The lowest BCUT2D eigenvalue weighted by molar-refractivity contribution is 0.188. The summed E-state index contributed by atoms with van der Waals surface area (Å²) < 4.78 is 1.21. The van der Waals surface area contributed by atoms with E-state index in [0.29, 0.717) is 6.04 Å². The highest BCUT2D eigenvalue weighted by Crippen LogP contribution is 2.36. The Balaban J connectivity index is 1.88. The van der Waals surface area contributed by atoms with E-state index in [9.17, 15) is 0 Å². The van der Waals surface area contributed by atoms with Crippen molar-refractivity contribution in [3.05, 3.63) is 20.8 Å². The van der Waals surface area contributed by atoms with E-state index in [0.717, 1.165) is 24.2 Å². The first kappa shape index (κ1) is 15.5. The molecule has 2 rings (SSSR count). The fourth-order valence-electron chi connectivity index (χ4n) is 3.25. The molecule has 0 spiro atoms. The minimum Gasteiger partial charge on any atom is -0.271 e. The van der Waals surface area contributed by atoms with Gasteiger partial charge < -0.3 is 0 Å². The van der Waals surface area contributed by atoms with Gasteiger partial charge in [0.1, 0.15) is 0 Å². The van der Waals surface area contributed by atoms with Crippen molar-refractivity contribution in [3.63, 3.8) is 0 Å². The van der Waals surface area contributed by atoms with E-state index in [-0.39, 0.29) is 0 Å². The summed E-state index contributed by atoms with van der Waals surface area (Å²) in [6, 6.07) is 4.76. The second kappa shape index (κ2) is 7.21. The largest absolute Gasteiger partial charge is 0.271 e. The molecule has 1 saturated carbocycles. The predicted octanol–water partition coefficient (Wildman–Crippen LogP) is 4.35. The van der Waals surface area contributed by atoms with Crippen LogP contribution in [0.1, 0.15) is 44.4 Å². The normalized spacial score (nSPS) is 25.7. The Bertz CT molecular complexity index is 383. The van der Waals surface area contributed by atoms with E-state index < -0.39 is 0 Å². The zero-order valence-corrected chi connectivity index (χ0v) is 14.3. The van der Waals surface area contributed by atoms with Gasteiger partial charge in [-0.25, -0.2) is 0 Å². The molecule has 1 atom stereocenters. The molecule has 1 unspecified atom stereocenters. The van der Waals surface area contributed by atoms with Crippen molar-refractivity contribution >= 4 is 27.3 Å². The quantitative estimate of drug-likeness (QED) is 0.615. The van der Waals surface area contributed by atoms with Gasteiger partial charge in [-0.05, 0) is 77.9 Å².